The average Bonchev–Trinajstić information content (AvgIpc) is 2.78. The van der Waals surface area contributed by atoms with E-state index in [4.69, 9.17) is 10.00 Å². The Bertz CT molecular complexity index is 415. The first-order chi connectivity index (χ1) is 8.49. The van der Waals surface area contributed by atoms with Crippen molar-refractivity contribution < 1.29 is 17.9 Å². The molecule has 0 bridgehead atoms. The average molecular weight is 280 g/mol. The minimum atomic E-state index is -4.54. The van der Waals surface area contributed by atoms with Crippen molar-refractivity contribution in [3.63, 3.8) is 0 Å². The topological polar surface area (TPSA) is 62.0 Å². The van der Waals surface area contributed by atoms with Gasteiger partial charge < -0.3 is 9.64 Å². The van der Waals surface area contributed by atoms with E-state index in [1.165, 1.54) is 7.11 Å². The Morgan fingerprint density at radius 1 is 1.44 bits per heavy atom. The van der Waals surface area contributed by atoms with Crippen LogP contribution in [0.1, 0.15) is 12.2 Å². The van der Waals surface area contributed by atoms with Crippen LogP contribution in [0.25, 0.3) is 0 Å². The Morgan fingerprint density at radius 3 is 2.67 bits per heavy atom. The molecule has 100 valence electrons. The number of hydrogen-bond donors (Lipinski definition) is 0. The van der Waals surface area contributed by atoms with Crippen LogP contribution in [0.15, 0.2) is 0 Å². The van der Waals surface area contributed by atoms with Crippen molar-refractivity contribution in [2.45, 2.75) is 12.6 Å². The fraction of sp³-hybridized carbons (Fsp3) is 0.667. The van der Waals surface area contributed by atoms with Crippen molar-refractivity contribution >= 4 is 16.7 Å². The van der Waals surface area contributed by atoms with Gasteiger partial charge in [-0.15, -0.1) is 0 Å². The van der Waals surface area contributed by atoms with Gasteiger partial charge in [-0.2, -0.15) is 27.8 Å². The standard InChI is InChI=1S/C9H11F3N4OS/c1-17-6-5-16(4-2-3-13)8-14-7(15-18-8)9(10,11)12/h2,4-6H2,1H3. The first-order valence-corrected chi connectivity index (χ1v) is 5.78. The summed E-state index contributed by atoms with van der Waals surface area (Å²) in [6, 6.07) is 1.93. The lowest BCUT2D eigenvalue weighted by molar-refractivity contribution is -0.144. The molecule has 1 heterocycles. The van der Waals surface area contributed by atoms with Crippen molar-refractivity contribution in [3.05, 3.63) is 5.82 Å². The third-order valence-electron chi connectivity index (χ3n) is 2.00. The van der Waals surface area contributed by atoms with Crippen LogP contribution in [0.2, 0.25) is 0 Å². The quantitative estimate of drug-likeness (QED) is 0.796. The number of halogens is 3. The van der Waals surface area contributed by atoms with Gasteiger partial charge in [0.25, 0.3) is 0 Å². The first-order valence-electron chi connectivity index (χ1n) is 5.00. The molecule has 0 aromatic carbocycles. The lowest BCUT2D eigenvalue weighted by Gasteiger charge is -2.19. The molecule has 5 nitrogen and oxygen atoms in total. The molecule has 0 fully saturated rings. The zero-order valence-electron chi connectivity index (χ0n) is 9.57. The van der Waals surface area contributed by atoms with E-state index in [2.05, 4.69) is 9.36 Å². The van der Waals surface area contributed by atoms with Gasteiger partial charge in [0.05, 0.1) is 19.1 Å². The van der Waals surface area contributed by atoms with Crippen LogP contribution in [0.4, 0.5) is 18.3 Å². The summed E-state index contributed by atoms with van der Waals surface area (Å²) < 4.78 is 45.2. The monoisotopic (exact) mass is 280 g/mol. The number of aromatic nitrogens is 2. The molecule has 0 saturated carbocycles. The highest BCUT2D eigenvalue weighted by atomic mass is 32.1. The molecule has 0 radical (unpaired) electrons. The molecule has 1 aromatic rings. The van der Waals surface area contributed by atoms with Crippen LogP contribution in [-0.4, -0.2) is 36.2 Å². The molecule has 1 rings (SSSR count). The lowest BCUT2D eigenvalue weighted by Crippen LogP contribution is -2.28. The SMILES string of the molecule is COCCN(CCC#N)c1nc(C(F)(F)F)ns1. The summed E-state index contributed by atoms with van der Waals surface area (Å²) in [5, 5.41) is 8.65. The van der Waals surface area contributed by atoms with Gasteiger partial charge in [-0.25, -0.2) is 0 Å². The number of alkyl halides is 3. The highest BCUT2D eigenvalue weighted by molar-refractivity contribution is 7.09. The van der Waals surface area contributed by atoms with Crippen LogP contribution in [0, 0.1) is 11.3 Å². The molecule has 0 N–H and O–H groups in total. The maximum atomic E-state index is 12.4. The number of anilines is 1. The predicted octanol–water partition coefficient (Wildman–Crippen LogP) is 1.92. The third-order valence-corrected chi connectivity index (χ3v) is 2.78. The van der Waals surface area contributed by atoms with E-state index in [-0.39, 0.29) is 11.6 Å². The zero-order chi connectivity index (χ0) is 13.6. The number of hydrogen-bond acceptors (Lipinski definition) is 6. The molecule has 18 heavy (non-hydrogen) atoms. The predicted molar refractivity (Wildman–Crippen MR) is 59.2 cm³/mol. The minimum absolute atomic E-state index is 0.148. The molecule has 0 aliphatic carbocycles. The summed E-state index contributed by atoms with van der Waals surface area (Å²) >= 11 is 0.665. The van der Waals surface area contributed by atoms with E-state index >= 15 is 0 Å². The van der Waals surface area contributed by atoms with Crippen molar-refractivity contribution in [2.75, 3.05) is 31.7 Å². The fourth-order valence-corrected chi connectivity index (χ4v) is 1.89. The van der Waals surface area contributed by atoms with Gasteiger partial charge in [0, 0.05) is 31.7 Å². The van der Waals surface area contributed by atoms with Gasteiger partial charge in [-0.3, -0.25) is 0 Å². The maximum absolute atomic E-state index is 12.4. The van der Waals surface area contributed by atoms with Crippen molar-refractivity contribution in [2.24, 2.45) is 0 Å². The van der Waals surface area contributed by atoms with Gasteiger partial charge in [0.1, 0.15) is 0 Å². The summed E-state index contributed by atoms with van der Waals surface area (Å²) in [7, 11) is 1.49. The highest BCUT2D eigenvalue weighted by Crippen LogP contribution is 2.30. The van der Waals surface area contributed by atoms with E-state index < -0.39 is 12.0 Å². The fourth-order valence-electron chi connectivity index (χ4n) is 1.15. The Kier molecular flexibility index (Phi) is 5.30. The summed E-state index contributed by atoms with van der Waals surface area (Å²) in [6.45, 7) is 1.00. The molecule has 1 aromatic heterocycles. The summed E-state index contributed by atoms with van der Waals surface area (Å²) in [6.07, 6.45) is -4.35. The molecule has 0 saturated heterocycles. The number of nitrogens with zero attached hydrogens (tertiary/aromatic N) is 4. The van der Waals surface area contributed by atoms with Gasteiger partial charge in [-0.05, 0) is 0 Å². The smallest absolute Gasteiger partial charge is 0.383 e. The summed E-state index contributed by atoms with van der Waals surface area (Å²) in [5.41, 5.74) is 0. The normalized spacial score (nSPS) is 11.3. The van der Waals surface area contributed by atoms with E-state index in [1.807, 2.05) is 6.07 Å². The Hall–Kier alpha value is -1.40. The molecule has 0 amide bonds. The second-order valence-electron chi connectivity index (χ2n) is 3.29. The number of nitriles is 1. The van der Waals surface area contributed by atoms with Crippen LogP contribution in [0.3, 0.4) is 0 Å². The van der Waals surface area contributed by atoms with Gasteiger partial charge in [-0.1, -0.05) is 0 Å². The molecule has 0 atom stereocenters. The van der Waals surface area contributed by atoms with Crippen LogP contribution in [0.5, 0.6) is 0 Å². The Morgan fingerprint density at radius 2 is 2.17 bits per heavy atom. The van der Waals surface area contributed by atoms with E-state index in [9.17, 15) is 13.2 Å². The number of rotatable bonds is 6. The summed E-state index contributed by atoms with van der Waals surface area (Å²) in [4.78, 5) is 4.99. The van der Waals surface area contributed by atoms with Gasteiger partial charge in [0.2, 0.25) is 11.0 Å². The second-order valence-corrected chi connectivity index (χ2v) is 4.02. The third kappa shape index (κ3) is 4.12. The number of methoxy groups -OCH3 is 1. The van der Waals surface area contributed by atoms with Crippen LogP contribution in [-0.2, 0) is 10.9 Å². The van der Waals surface area contributed by atoms with E-state index in [0.717, 1.165) is 0 Å². The molecular formula is C9H11F3N4OS. The largest absolute Gasteiger partial charge is 0.452 e. The van der Waals surface area contributed by atoms with Crippen LogP contribution < -0.4 is 4.90 Å². The van der Waals surface area contributed by atoms with Crippen molar-refractivity contribution in [3.8, 4) is 6.07 Å². The minimum Gasteiger partial charge on any atom is -0.383 e. The lowest BCUT2D eigenvalue weighted by atomic mass is 10.4. The van der Waals surface area contributed by atoms with Gasteiger partial charge in [0.15, 0.2) is 0 Å². The van der Waals surface area contributed by atoms with Crippen LogP contribution >= 0.6 is 11.5 Å². The molecule has 0 aliphatic rings. The van der Waals surface area contributed by atoms with E-state index in [0.29, 0.717) is 31.2 Å². The maximum Gasteiger partial charge on any atom is 0.452 e. The van der Waals surface area contributed by atoms with Gasteiger partial charge >= 0.3 is 6.18 Å². The van der Waals surface area contributed by atoms with Crippen molar-refractivity contribution in [1.29, 1.82) is 5.26 Å². The van der Waals surface area contributed by atoms with E-state index in [1.54, 1.807) is 4.90 Å². The Labute approximate surface area is 106 Å². The molecule has 9 heteroatoms. The number of ether oxygens (including phenoxy) is 1. The molecule has 0 unspecified atom stereocenters. The summed E-state index contributed by atoms with van der Waals surface area (Å²) in [5.74, 6) is -1.15. The molecule has 0 aliphatic heterocycles. The zero-order valence-corrected chi connectivity index (χ0v) is 10.4. The second kappa shape index (κ2) is 6.51. The Balaban J connectivity index is 2.78. The first kappa shape index (κ1) is 14.7. The van der Waals surface area contributed by atoms with Crippen molar-refractivity contribution in [1.82, 2.24) is 9.36 Å². The highest BCUT2D eigenvalue weighted by Gasteiger charge is 2.36. The molecule has 0 spiro atoms. The molecular weight excluding hydrogens is 269 g/mol.